The molecule has 2 rings (SSSR count). The summed E-state index contributed by atoms with van der Waals surface area (Å²) in [5.74, 6) is -0.0349. The second-order valence-electron chi connectivity index (χ2n) is 3.98. The van der Waals surface area contributed by atoms with Crippen molar-refractivity contribution in [2.45, 2.75) is 13.1 Å². The van der Waals surface area contributed by atoms with Gasteiger partial charge in [-0.15, -0.1) is 0 Å². The van der Waals surface area contributed by atoms with Crippen molar-refractivity contribution in [1.29, 1.82) is 0 Å². The number of nitrogens with one attached hydrogen (secondary N) is 1. The Balaban J connectivity index is 1.96. The van der Waals surface area contributed by atoms with Gasteiger partial charge in [0.15, 0.2) is 11.6 Å². The van der Waals surface area contributed by atoms with Gasteiger partial charge in [0, 0.05) is 31.9 Å². The Morgan fingerprint density at radius 3 is 2.83 bits per heavy atom. The minimum atomic E-state index is -0.308. The van der Waals surface area contributed by atoms with E-state index in [9.17, 15) is 4.39 Å². The van der Waals surface area contributed by atoms with Crippen LogP contribution in [-0.2, 0) is 20.1 Å². The van der Waals surface area contributed by atoms with Gasteiger partial charge in [-0.3, -0.25) is 4.68 Å². The standard InChI is InChI=1S/C13H16FN3O/c1-17-11(6-7-16-17)9-15-8-10-4-3-5-12(18-2)13(10)14/h3-7,15H,8-9H2,1-2H3. The molecule has 0 aliphatic rings. The highest BCUT2D eigenvalue weighted by Crippen LogP contribution is 2.19. The van der Waals surface area contributed by atoms with E-state index in [1.54, 1.807) is 29.1 Å². The lowest BCUT2D eigenvalue weighted by molar-refractivity contribution is 0.383. The van der Waals surface area contributed by atoms with Gasteiger partial charge in [-0.05, 0) is 12.1 Å². The number of hydrogen-bond donors (Lipinski definition) is 1. The third-order valence-corrected chi connectivity index (χ3v) is 2.81. The second kappa shape index (κ2) is 5.64. The molecule has 0 aliphatic carbocycles. The van der Waals surface area contributed by atoms with Crippen molar-refractivity contribution in [3.8, 4) is 5.75 Å². The van der Waals surface area contributed by atoms with E-state index >= 15 is 0 Å². The van der Waals surface area contributed by atoms with Crippen LogP contribution < -0.4 is 10.1 Å². The number of halogens is 1. The monoisotopic (exact) mass is 249 g/mol. The average Bonchev–Trinajstić information content (AvgIpc) is 2.77. The largest absolute Gasteiger partial charge is 0.494 e. The lowest BCUT2D eigenvalue weighted by atomic mass is 10.2. The van der Waals surface area contributed by atoms with Crippen molar-refractivity contribution >= 4 is 0 Å². The maximum absolute atomic E-state index is 13.8. The zero-order valence-electron chi connectivity index (χ0n) is 10.5. The normalized spacial score (nSPS) is 10.6. The number of rotatable bonds is 5. The highest BCUT2D eigenvalue weighted by Gasteiger charge is 2.07. The molecule has 1 aromatic carbocycles. The van der Waals surface area contributed by atoms with E-state index in [1.807, 2.05) is 13.1 Å². The van der Waals surface area contributed by atoms with E-state index in [-0.39, 0.29) is 11.6 Å². The fourth-order valence-electron chi connectivity index (χ4n) is 1.75. The van der Waals surface area contributed by atoms with E-state index in [4.69, 9.17) is 4.74 Å². The highest BCUT2D eigenvalue weighted by atomic mass is 19.1. The van der Waals surface area contributed by atoms with Crippen LogP contribution in [-0.4, -0.2) is 16.9 Å². The van der Waals surface area contributed by atoms with E-state index in [0.717, 1.165) is 5.69 Å². The lowest BCUT2D eigenvalue weighted by Crippen LogP contribution is -2.16. The molecule has 0 spiro atoms. The molecule has 2 aromatic rings. The Morgan fingerprint density at radius 1 is 1.33 bits per heavy atom. The zero-order valence-corrected chi connectivity index (χ0v) is 10.5. The van der Waals surface area contributed by atoms with Gasteiger partial charge >= 0.3 is 0 Å². The quantitative estimate of drug-likeness (QED) is 0.879. The van der Waals surface area contributed by atoms with Gasteiger partial charge in [-0.2, -0.15) is 5.10 Å². The Kier molecular flexibility index (Phi) is 3.94. The third kappa shape index (κ3) is 2.68. The molecular formula is C13H16FN3O. The van der Waals surface area contributed by atoms with Crippen LogP contribution in [0.15, 0.2) is 30.5 Å². The average molecular weight is 249 g/mol. The summed E-state index contributed by atoms with van der Waals surface area (Å²) >= 11 is 0. The molecule has 0 atom stereocenters. The minimum absolute atomic E-state index is 0.273. The van der Waals surface area contributed by atoms with Gasteiger partial charge in [-0.25, -0.2) is 4.39 Å². The summed E-state index contributed by atoms with van der Waals surface area (Å²) in [4.78, 5) is 0. The predicted molar refractivity (Wildman–Crippen MR) is 66.7 cm³/mol. The van der Waals surface area contributed by atoms with Crippen LogP contribution in [0.2, 0.25) is 0 Å². The Bertz CT molecular complexity index is 525. The van der Waals surface area contributed by atoms with Crippen molar-refractivity contribution in [1.82, 2.24) is 15.1 Å². The molecule has 1 heterocycles. The van der Waals surface area contributed by atoms with Crippen molar-refractivity contribution in [3.63, 3.8) is 0 Å². The van der Waals surface area contributed by atoms with Crippen molar-refractivity contribution < 1.29 is 9.13 Å². The van der Waals surface area contributed by atoms with Crippen molar-refractivity contribution in [2.75, 3.05) is 7.11 Å². The molecular weight excluding hydrogens is 233 g/mol. The van der Waals surface area contributed by atoms with Gasteiger partial charge in [0.1, 0.15) is 0 Å². The zero-order chi connectivity index (χ0) is 13.0. The molecule has 0 radical (unpaired) electrons. The first-order valence-corrected chi connectivity index (χ1v) is 5.71. The summed E-state index contributed by atoms with van der Waals surface area (Å²) in [6.07, 6.45) is 1.74. The van der Waals surface area contributed by atoms with E-state index in [0.29, 0.717) is 18.7 Å². The molecule has 0 unspecified atom stereocenters. The molecule has 1 N–H and O–H groups in total. The van der Waals surface area contributed by atoms with Gasteiger partial charge in [0.05, 0.1) is 12.8 Å². The lowest BCUT2D eigenvalue weighted by Gasteiger charge is -2.08. The molecule has 0 amide bonds. The van der Waals surface area contributed by atoms with E-state index < -0.39 is 0 Å². The Morgan fingerprint density at radius 2 is 2.17 bits per heavy atom. The molecule has 0 saturated heterocycles. The van der Waals surface area contributed by atoms with Gasteiger partial charge < -0.3 is 10.1 Å². The van der Waals surface area contributed by atoms with Crippen LogP contribution in [0.25, 0.3) is 0 Å². The number of nitrogens with zero attached hydrogens (tertiary/aromatic N) is 2. The van der Waals surface area contributed by atoms with Gasteiger partial charge in [-0.1, -0.05) is 12.1 Å². The fraction of sp³-hybridized carbons (Fsp3) is 0.308. The number of aromatic nitrogens is 2. The third-order valence-electron chi connectivity index (χ3n) is 2.81. The molecule has 18 heavy (non-hydrogen) atoms. The molecule has 0 bridgehead atoms. The minimum Gasteiger partial charge on any atom is -0.494 e. The summed E-state index contributed by atoms with van der Waals surface area (Å²) in [6, 6.07) is 7.06. The first-order valence-electron chi connectivity index (χ1n) is 5.71. The molecule has 0 aliphatic heterocycles. The highest BCUT2D eigenvalue weighted by molar-refractivity contribution is 5.30. The summed E-state index contributed by atoms with van der Waals surface area (Å²) in [5, 5.41) is 7.25. The van der Waals surface area contributed by atoms with Crippen molar-refractivity contribution in [2.24, 2.45) is 7.05 Å². The Hall–Kier alpha value is -1.88. The van der Waals surface area contributed by atoms with E-state index in [1.165, 1.54) is 7.11 Å². The van der Waals surface area contributed by atoms with Gasteiger partial charge in [0.25, 0.3) is 0 Å². The molecule has 96 valence electrons. The smallest absolute Gasteiger partial charge is 0.169 e. The first kappa shape index (κ1) is 12.6. The summed E-state index contributed by atoms with van der Waals surface area (Å²) in [6.45, 7) is 1.10. The summed E-state index contributed by atoms with van der Waals surface area (Å²) < 4.78 is 20.6. The number of methoxy groups -OCH3 is 1. The van der Waals surface area contributed by atoms with Crippen LogP contribution >= 0.6 is 0 Å². The number of benzene rings is 1. The number of aryl methyl sites for hydroxylation is 1. The topological polar surface area (TPSA) is 39.1 Å². The van der Waals surface area contributed by atoms with Crippen LogP contribution in [0, 0.1) is 5.82 Å². The first-order chi connectivity index (χ1) is 8.72. The van der Waals surface area contributed by atoms with Crippen LogP contribution in [0.1, 0.15) is 11.3 Å². The molecule has 0 fully saturated rings. The van der Waals surface area contributed by atoms with E-state index in [2.05, 4.69) is 10.4 Å². The van der Waals surface area contributed by atoms with Crippen LogP contribution in [0.3, 0.4) is 0 Å². The number of hydrogen-bond acceptors (Lipinski definition) is 3. The summed E-state index contributed by atoms with van der Waals surface area (Å²) in [5.41, 5.74) is 1.65. The number of ether oxygens (including phenoxy) is 1. The molecule has 5 heteroatoms. The molecule has 0 saturated carbocycles. The SMILES string of the molecule is COc1cccc(CNCc2ccnn2C)c1F. The maximum atomic E-state index is 13.8. The maximum Gasteiger partial charge on any atom is 0.169 e. The Labute approximate surface area is 105 Å². The van der Waals surface area contributed by atoms with Crippen LogP contribution in [0.5, 0.6) is 5.75 Å². The summed E-state index contributed by atoms with van der Waals surface area (Å²) in [7, 11) is 3.34. The molecule has 4 nitrogen and oxygen atoms in total. The van der Waals surface area contributed by atoms with Crippen molar-refractivity contribution in [3.05, 3.63) is 47.5 Å². The van der Waals surface area contributed by atoms with Crippen LogP contribution in [0.4, 0.5) is 4.39 Å². The predicted octanol–water partition coefficient (Wildman–Crippen LogP) is 1.86. The second-order valence-corrected chi connectivity index (χ2v) is 3.98. The van der Waals surface area contributed by atoms with Gasteiger partial charge in [0.2, 0.25) is 0 Å². The fourth-order valence-corrected chi connectivity index (χ4v) is 1.75. The molecule has 1 aromatic heterocycles.